The lowest BCUT2D eigenvalue weighted by Gasteiger charge is -2.29. The van der Waals surface area contributed by atoms with Crippen LogP contribution >= 0.6 is 0 Å². The highest BCUT2D eigenvalue weighted by Crippen LogP contribution is 2.30. The minimum absolute atomic E-state index is 0.0986. The van der Waals surface area contributed by atoms with E-state index in [1.54, 1.807) is 17.0 Å². The zero-order valence-electron chi connectivity index (χ0n) is 14.9. The van der Waals surface area contributed by atoms with Crippen molar-refractivity contribution in [1.29, 1.82) is 0 Å². The minimum Gasteiger partial charge on any atom is -0.508 e. The van der Waals surface area contributed by atoms with E-state index in [2.05, 4.69) is 11.4 Å². The number of carbonyl (C=O) groups is 1. The molecular weight excluding hydrogens is 344 g/mol. The number of nitrogens with zero attached hydrogens (tertiary/aromatic N) is 1. The van der Waals surface area contributed by atoms with Crippen LogP contribution in [-0.2, 0) is 0 Å². The van der Waals surface area contributed by atoms with E-state index < -0.39 is 0 Å². The Morgan fingerprint density at radius 3 is 2.67 bits per heavy atom. The highest BCUT2D eigenvalue weighted by atomic mass is 16.6. The normalized spacial score (nSPS) is 18.6. The molecule has 0 radical (unpaired) electrons. The van der Waals surface area contributed by atoms with Crippen LogP contribution in [0.4, 0.5) is 4.79 Å². The van der Waals surface area contributed by atoms with Gasteiger partial charge in [-0.3, -0.25) is 0 Å². The number of rotatable bonds is 3. The average Bonchev–Trinajstić information content (AvgIpc) is 2.72. The first-order valence-corrected chi connectivity index (χ1v) is 9.09. The van der Waals surface area contributed by atoms with Crippen molar-refractivity contribution in [2.45, 2.75) is 12.5 Å². The Bertz CT molecular complexity index is 848. The number of carbonyl (C=O) groups excluding carboxylic acids is 1. The SMILES string of the molecule is O=C(NC[C@@H]1COc2ccccc2O1)N1CC=C(c2ccc(O)cc2)CC1. The highest BCUT2D eigenvalue weighted by molar-refractivity contribution is 5.76. The summed E-state index contributed by atoms with van der Waals surface area (Å²) in [7, 11) is 0. The van der Waals surface area contributed by atoms with Gasteiger partial charge < -0.3 is 24.8 Å². The van der Waals surface area contributed by atoms with Gasteiger partial charge in [-0.1, -0.05) is 30.3 Å². The van der Waals surface area contributed by atoms with Crippen molar-refractivity contribution in [2.24, 2.45) is 0 Å². The molecule has 0 aromatic heterocycles. The van der Waals surface area contributed by atoms with Gasteiger partial charge in [-0.2, -0.15) is 0 Å². The molecule has 1 atom stereocenters. The van der Waals surface area contributed by atoms with Crippen LogP contribution in [0.5, 0.6) is 17.2 Å². The molecule has 0 unspecified atom stereocenters. The van der Waals surface area contributed by atoms with Crippen molar-refractivity contribution in [2.75, 3.05) is 26.2 Å². The number of fused-ring (bicyclic) bond motifs is 1. The Balaban J connectivity index is 1.28. The molecule has 0 aliphatic carbocycles. The number of phenols is 1. The van der Waals surface area contributed by atoms with Crippen molar-refractivity contribution in [1.82, 2.24) is 10.2 Å². The number of hydrogen-bond donors (Lipinski definition) is 2. The fourth-order valence-corrected chi connectivity index (χ4v) is 3.27. The summed E-state index contributed by atoms with van der Waals surface area (Å²) < 4.78 is 11.5. The van der Waals surface area contributed by atoms with E-state index in [0.717, 1.165) is 17.7 Å². The van der Waals surface area contributed by atoms with Crippen LogP contribution in [0.1, 0.15) is 12.0 Å². The van der Waals surface area contributed by atoms with Gasteiger partial charge in [0, 0.05) is 13.1 Å². The van der Waals surface area contributed by atoms with Crippen LogP contribution in [0, 0.1) is 0 Å². The standard InChI is InChI=1S/C21H22N2O4/c24-17-7-5-15(6-8-17)16-9-11-23(12-10-16)21(25)22-13-18-14-26-19-3-1-2-4-20(19)27-18/h1-9,18,24H,10-14H2,(H,22,25)/t18-/m1/s1. The third kappa shape index (κ3) is 4.00. The van der Waals surface area contributed by atoms with Crippen molar-refractivity contribution < 1.29 is 19.4 Å². The van der Waals surface area contributed by atoms with E-state index in [0.29, 0.717) is 32.0 Å². The number of hydrogen-bond acceptors (Lipinski definition) is 4. The molecule has 0 fully saturated rings. The summed E-state index contributed by atoms with van der Waals surface area (Å²) in [6.07, 6.45) is 2.65. The number of aromatic hydroxyl groups is 1. The number of para-hydroxylation sites is 2. The largest absolute Gasteiger partial charge is 0.508 e. The second kappa shape index (κ2) is 7.61. The van der Waals surface area contributed by atoms with E-state index in [4.69, 9.17) is 9.47 Å². The van der Waals surface area contributed by atoms with Gasteiger partial charge in [0.2, 0.25) is 0 Å². The molecule has 2 heterocycles. The summed E-state index contributed by atoms with van der Waals surface area (Å²) in [5, 5.41) is 12.3. The molecule has 6 heteroatoms. The van der Waals surface area contributed by atoms with Gasteiger partial charge in [0.1, 0.15) is 12.4 Å². The third-order valence-corrected chi connectivity index (χ3v) is 4.78. The third-order valence-electron chi connectivity index (χ3n) is 4.78. The van der Waals surface area contributed by atoms with E-state index >= 15 is 0 Å². The van der Waals surface area contributed by atoms with Crippen molar-refractivity contribution >= 4 is 11.6 Å². The first-order valence-electron chi connectivity index (χ1n) is 9.09. The summed E-state index contributed by atoms with van der Waals surface area (Å²) in [4.78, 5) is 14.2. The number of ether oxygens (including phenoxy) is 2. The Labute approximate surface area is 158 Å². The summed E-state index contributed by atoms with van der Waals surface area (Å²) >= 11 is 0. The summed E-state index contributed by atoms with van der Waals surface area (Å²) in [6.45, 7) is 2.04. The number of nitrogens with one attached hydrogen (secondary N) is 1. The lowest BCUT2D eigenvalue weighted by molar-refractivity contribution is 0.0903. The molecule has 27 heavy (non-hydrogen) atoms. The van der Waals surface area contributed by atoms with Crippen LogP contribution in [0.3, 0.4) is 0 Å². The second-order valence-corrected chi connectivity index (χ2v) is 6.66. The van der Waals surface area contributed by atoms with Gasteiger partial charge in [0.05, 0.1) is 6.54 Å². The van der Waals surface area contributed by atoms with Gasteiger partial charge in [0.15, 0.2) is 17.6 Å². The first kappa shape index (κ1) is 17.3. The monoisotopic (exact) mass is 366 g/mol. The van der Waals surface area contributed by atoms with Crippen LogP contribution in [0.25, 0.3) is 5.57 Å². The molecule has 4 rings (SSSR count). The summed E-state index contributed by atoms with van der Waals surface area (Å²) in [5.74, 6) is 1.71. The molecule has 2 aromatic carbocycles. The topological polar surface area (TPSA) is 71.0 Å². The molecule has 2 aromatic rings. The van der Waals surface area contributed by atoms with Crippen molar-refractivity contribution in [3.63, 3.8) is 0 Å². The van der Waals surface area contributed by atoms with Gasteiger partial charge in [-0.25, -0.2) is 4.79 Å². The lowest BCUT2D eigenvalue weighted by atomic mass is 9.99. The average molecular weight is 366 g/mol. The Kier molecular flexibility index (Phi) is 4.87. The molecule has 0 bridgehead atoms. The first-order chi connectivity index (χ1) is 13.2. The van der Waals surface area contributed by atoms with Crippen LogP contribution in [0.15, 0.2) is 54.6 Å². The van der Waals surface area contributed by atoms with Gasteiger partial charge in [-0.05, 0) is 41.8 Å². The van der Waals surface area contributed by atoms with Crippen LogP contribution in [0.2, 0.25) is 0 Å². The number of phenolic OH excluding ortho intramolecular Hbond substituents is 1. The van der Waals surface area contributed by atoms with Crippen molar-refractivity contribution in [3.8, 4) is 17.2 Å². The van der Waals surface area contributed by atoms with E-state index in [-0.39, 0.29) is 17.9 Å². The predicted molar refractivity (Wildman–Crippen MR) is 102 cm³/mol. The van der Waals surface area contributed by atoms with Crippen LogP contribution in [-0.4, -0.2) is 48.4 Å². The van der Waals surface area contributed by atoms with Gasteiger partial charge >= 0.3 is 6.03 Å². The quantitative estimate of drug-likeness (QED) is 0.876. The Hall–Kier alpha value is -3.15. The maximum absolute atomic E-state index is 12.4. The van der Waals surface area contributed by atoms with Crippen molar-refractivity contribution in [3.05, 3.63) is 60.2 Å². The van der Waals surface area contributed by atoms with Gasteiger partial charge in [-0.15, -0.1) is 0 Å². The molecular formula is C21H22N2O4. The van der Waals surface area contributed by atoms with Gasteiger partial charge in [0.25, 0.3) is 0 Å². The predicted octanol–water partition coefficient (Wildman–Crippen LogP) is 3.03. The lowest BCUT2D eigenvalue weighted by Crippen LogP contribution is -2.47. The minimum atomic E-state index is -0.197. The Morgan fingerprint density at radius 2 is 1.93 bits per heavy atom. The number of urea groups is 1. The molecule has 6 nitrogen and oxygen atoms in total. The smallest absolute Gasteiger partial charge is 0.317 e. The van der Waals surface area contributed by atoms with E-state index in [1.807, 2.05) is 36.4 Å². The second-order valence-electron chi connectivity index (χ2n) is 6.66. The molecule has 140 valence electrons. The zero-order chi connectivity index (χ0) is 18.6. The maximum atomic E-state index is 12.4. The molecule has 0 saturated heterocycles. The van der Waals surface area contributed by atoms with E-state index in [1.165, 1.54) is 5.57 Å². The summed E-state index contributed by atoms with van der Waals surface area (Å²) in [6, 6.07) is 14.6. The van der Waals surface area contributed by atoms with E-state index in [9.17, 15) is 9.90 Å². The van der Waals surface area contributed by atoms with Crippen LogP contribution < -0.4 is 14.8 Å². The number of amides is 2. The fraction of sp³-hybridized carbons (Fsp3) is 0.286. The molecule has 2 aliphatic heterocycles. The maximum Gasteiger partial charge on any atom is 0.317 e. The molecule has 2 N–H and O–H groups in total. The molecule has 0 spiro atoms. The Morgan fingerprint density at radius 1 is 1.15 bits per heavy atom. The number of benzene rings is 2. The molecule has 2 amide bonds. The molecule has 0 saturated carbocycles. The zero-order valence-corrected chi connectivity index (χ0v) is 14.9. The highest BCUT2D eigenvalue weighted by Gasteiger charge is 2.23. The summed E-state index contributed by atoms with van der Waals surface area (Å²) in [5.41, 5.74) is 2.28. The fourth-order valence-electron chi connectivity index (χ4n) is 3.27. The molecule has 2 aliphatic rings.